The van der Waals surface area contributed by atoms with E-state index < -0.39 is 17.5 Å². The van der Waals surface area contributed by atoms with Crippen molar-refractivity contribution >= 4 is 55.7 Å². The van der Waals surface area contributed by atoms with Crippen molar-refractivity contribution in [2.45, 2.75) is 6.92 Å². The number of fused-ring (bicyclic) bond motifs is 1. The fraction of sp³-hybridized carbons (Fsp3) is 0.143. The molecule has 0 aliphatic heterocycles. The molecule has 0 saturated heterocycles. The molecule has 22 heavy (non-hydrogen) atoms. The molecule has 1 aromatic carbocycles. The van der Waals surface area contributed by atoms with Gasteiger partial charge in [-0.25, -0.2) is 8.78 Å². The van der Waals surface area contributed by atoms with Crippen molar-refractivity contribution in [3.63, 3.8) is 0 Å². The molecule has 0 aliphatic rings. The Kier molecular flexibility index (Phi) is 3.89. The van der Waals surface area contributed by atoms with E-state index in [2.05, 4.69) is 10.4 Å². The van der Waals surface area contributed by atoms with Crippen LogP contribution in [0.5, 0.6) is 0 Å². The largest absolute Gasteiger partial charge is 0.321 e. The van der Waals surface area contributed by atoms with Gasteiger partial charge in [0.15, 0.2) is 0 Å². The van der Waals surface area contributed by atoms with Gasteiger partial charge in [-0.15, -0.1) is 11.3 Å². The molecule has 3 rings (SSSR count). The van der Waals surface area contributed by atoms with Gasteiger partial charge in [-0.3, -0.25) is 9.48 Å². The van der Waals surface area contributed by atoms with Crippen LogP contribution in [-0.2, 0) is 7.05 Å². The van der Waals surface area contributed by atoms with Crippen molar-refractivity contribution < 1.29 is 13.6 Å². The van der Waals surface area contributed by atoms with Crippen LogP contribution in [0.25, 0.3) is 10.2 Å². The number of halogens is 3. The number of amides is 1. The van der Waals surface area contributed by atoms with Crippen LogP contribution in [0, 0.1) is 22.1 Å². The van der Waals surface area contributed by atoms with E-state index in [0.29, 0.717) is 4.88 Å². The summed E-state index contributed by atoms with van der Waals surface area (Å²) in [6.07, 6.45) is 0. The number of carbonyl (C=O) groups excluding carboxylic acids is 1. The highest BCUT2D eigenvalue weighted by Crippen LogP contribution is 2.28. The maximum Gasteiger partial charge on any atom is 0.265 e. The molecule has 8 heteroatoms. The number of aromatic nitrogens is 2. The monoisotopic (exact) mass is 433 g/mol. The van der Waals surface area contributed by atoms with Crippen molar-refractivity contribution in [2.24, 2.45) is 7.05 Å². The van der Waals surface area contributed by atoms with Crippen molar-refractivity contribution in [1.29, 1.82) is 0 Å². The minimum absolute atomic E-state index is 0.0905. The molecule has 1 amide bonds. The number of nitrogens with zero attached hydrogens (tertiary/aromatic N) is 2. The van der Waals surface area contributed by atoms with Crippen LogP contribution in [0.3, 0.4) is 0 Å². The van der Waals surface area contributed by atoms with Crippen molar-refractivity contribution in [3.8, 4) is 0 Å². The minimum atomic E-state index is -0.702. The quantitative estimate of drug-likeness (QED) is 0.489. The molecule has 0 atom stereocenters. The Hall–Kier alpha value is -1.55. The fourth-order valence-corrected chi connectivity index (χ4v) is 3.47. The van der Waals surface area contributed by atoms with E-state index in [0.717, 1.165) is 28.0 Å². The van der Waals surface area contributed by atoms with Gasteiger partial charge in [-0.05, 0) is 47.7 Å². The number of thiophene rings is 1. The molecule has 1 N–H and O–H groups in total. The minimum Gasteiger partial charge on any atom is -0.321 e. The lowest BCUT2D eigenvalue weighted by Crippen LogP contribution is -2.11. The van der Waals surface area contributed by atoms with E-state index in [1.165, 1.54) is 11.3 Å². The molecule has 4 nitrogen and oxygen atoms in total. The molecule has 0 aliphatic carbocycles. The number of anilines is 1. The van der Waals surface area contributed by atoms with Gasteiger partial charge in [0.1, 0.15) is 16.5 Å². The third-order valence-corrected chi connectivity index (χ3v) is 5.39. The lowest BCUT2D eigenvalue weighted by molar-refractivity contribution is 0.103. The molecule has 0 unspecified atom stereocenters. The number of benzene rings is 1. The van der Waals surface area contributed by atoms with E-state index in [4.69, 9.17) is 0 Å². The first-order chi connectivity index (χ1) is 10.4. The van der Waals surface area contributed by atoms with E-state index >= 15 is 0 Å². The lowest BCUT2D eigenvalue weighted by Gasteiger charge is -2.05. The van der Waals surface area contributed by atoms with Gasteiger partial charge < -0.3 is 5.32 Å². The zero-order chi connectivity index (χ0) is 16.0. The smallest absolute Gasteiger partial charge is 0.265 e. The first-order valence-corrected chi connectivity index (χ1v) is 8.15. The summed E-state index contributed by atoms with van der Waals surface area (Å²) in [6.45, 7) is 1.86. The summed E-state index contributed by atoms with van der Waals surface area (Å²) in [7, 11) is 1.80. The standard InChI is InChI=1S/C14H10F2IN3OS/c1-6-8-5-11(22-14(8)20(2)19-6)13(21)18-7-3-9(15)12(17)10(16)4-7/h3-5H,1-2H3,(H,18,21). The summed E-state index contributed by atoms with van der Waals surface area (Å²) in [5.74, 6) is -1.81. The molecule has 2 aromatic heterocycles. The van der Waals surface area contributed by atoms with E-state index in [-0.39, 0.29) is 9.26 Å². The van der Waals surface area contributed by atoms with Crippen LogP contribution in [0.4, 0.5) is 14.5 Å². The predicted molar refractivity (Wildman–Crippen MR) is 90.4 cm³/mol. The number of aryl methyl sites for hydroxylation is 2. The van der Waals surface area contributed by atoms with Crippen molar-refractivity contribution in [3.05, 3.63) is 44.0 Å². The normalized spacial score (nSPS) is 11.1. The zero-order valence-electron chi connectivity index (χ0n) is 11.6. The molecule has 0 saturated carbocycles. The third-order valence-electron chi connectivity index (χ3n) is 3.16. The first-order valence-electron chi connectivity index (χ1n) is 6.26. The van der Waals surface area contributed by atoms with Gasteiger partial charge in [0.2, 0.25) is 0 Å². The Morgan fingerprint density at radius 2 is 1.95 bits per heavy atom. The van der Waals surface area contributed by atoms with Gasteiger partial charge in [0.25, 0.3) is 5.91 Å². The Morgan fingerprint density at radius 3 is 2.55 bits per heavy atom. The third kappa shape index (κ3) is 2.60. The summed E-state index contributed by atoms with van der Waals surface area (Å²) < 4.78 is 28.6. The highest BCUT2D eigenvalue weighted by molar-refractivity contribution is 14.1. The molecule has 0 spiro atoms. The first kappa shape index (κ1) is 15.3. The van der Waals surface area contributed by atoms with Crippen LogP contribution >= 0.6 is 33.9 Å². The molecular weight excluding hydrogens is 423 g/mol. The Balaban J connectivity index is 1.91. The van der Waals surface area contributed by atoms with Crippen molar-refractivity contribution in [1.82, 2.24) is 9.78 Å². The SMILES string of the molecule is Cc1nn(C)c2sc(C(=O)Nc3cc(F)c(I)c(F)c3)cc12. The number of rotatable bonds is 2. The second-order valence-corrected chi connectivity index (χ2v) is 6.86. The van der Waals surface area contributed by atoms with Gasteiger partial charge in [0, 0.05) is 18.1 Å². The number of carbonyl (C=O) groups is 1. The summed E-state index contributed by atoms with van der Waals surface area (Å²) in [5.41, 5.74) is 0.923. The molecule has 0 bridgehead atoms. The Bertz CT molecular complexity index is 846. The summed E-state index contributed by atoms with van der Waals surface area (Å²) in [5, 5.41) is 7.68. The average molecular weight is 433 g/mol. The number of hydrogen-bond acceptors (Lipinski definition) is 3. The van der Waals surface area contributed by atoms with E-state index in [1.807, 2.05) is 6.92 Å². The van der Waals surface area contributed by atoms with Crippen LogP contribution in [0.15, 0.2) is 18.2 Å². The zero-order valence-corrected chi connectivity index (χ0v) is 14.6. The highest BCUT2D eigenvalue weighted by atomic mass is 127. The topological polar surface area (TPSA) is 46.9 Å². The van der Waals surface area contributed by atoms with Crippen LogP contribution in [0.1, 0.15) is 15.4 Å². The van der Waals surface area contributed by atoms with Gasteiger partial charge in [0.05, 0.1) is 14.1 Å². The predicted octanol–water partition coefficient (Wildman–Crippen LogP) is 4.08. The summed E-state index contributed by atoms with van der Waals surface area (Å²) in [4.78, 5) is 13.6. The lowest BCUT2D eigenvalue weighted by atomic mass is 10.2. The number of hydrogen-bond donors (Lipinski definition) is 1. The Morgan fingerprint density at radius 1 is 1.32 bits per heavy atom. The van der Waals surface area contributed by atoms with Crippen LogP contribution < -0.4 is 5.32 Å². The van der Waals surface area contributed by atoms with Gasteiger partial charge >= 0.3 is 0 Å². The Labute approximate surface area is 142 Å². The van der Waals surface area contributed by atoms with Crippen LogP contribution in [0.2, 0.25) is 0 Å². The maximum atomic E-state index is 13.5. The van der Waals surface area contributed by atoms with E-state index in [9.17, 15) is 13.6 Å². The van der Waals surface area contributed by atoms with Crippen LogP contribution in [-0.4, -0.2) is 15.7 Å². The van der Waals surface area contributed by atoms with Gasteiger partial charge in [-0.2, -0.15) is 5.10 Å². The summed E-state index contributed by atoms with van der Waals surface area (Å²) >= 11 is 2.86. The van der Waals surface area contributed by atoms with E-state index in [1.54, 1.807) is 40.4 Å². The molecule has 2 heterocycles. The fourth-order valence-electron chi connectivity index (χ4n) is 2.14. The molecule has 114 valence electrons. The maximum absolute atomic E-state index is 13.5. The number of nitrogens with one attached hydrogen (secondary N) is 1. The molecule has 0 radical (unpaired) electrons. The summed E-state index contributed by atoms with van der Waals surface area (Å²) in [6, 6.07) is 3.93. The van der Waals surface area contributed by atoms with Gasteiger partial charge in [-0.1, -0.05) is 0 Å². The second-order valence-electron chi connectivity index (χ2n) is 4.75. The highest BCUT2D eigenvalue weighted by Gasteiger charge is 2.16. The molecule has 3 aromatic rings. The second kappa shape index (κ2) is 5.58. The average Bonchev–Trinajstić information content (AvgIpc) is 2.99. The molecular formula is C14H10F2IN3OS. The van der Waals surface area contributed by atoms with Crippen molar-refractivity contribution in [2.75, 3.05) is 5.32 Å². The molecule has 0 fully saturated rings.